The van der Waals surface area contributed by atoms with Gasteiger partial charge in [-0.2, -0.15) is 0 Å². The van der Waals surface area contributed by atoms with E-state index in [0.717, 1.165) is 34.4 Å². The van der Waals surface area contributed by atoms with Gasteiger partial charge in [0.2, 0.25) is 0 Å². The molecule has 0 unspecified atom stereocenters. The number of ketones is 1. The average Bonchev–Trinajstić information content (AvgIpc) is 2.54. The van der Waals surface area contributed by atoms with E-state index >= 15 is 0 Å². The molecule has 21 heavy (non-hydrogen) atoms. The van der Waals surface area contributed by atoms with Gasteiger partial charge >= 0.3 is 0 Å². The molecule has 2 nitrogen and oxygen atoms in total. The van der Waals surface area contributed by atoms with Crippen molar-refractivity contribution >= 4 is 17.9 Å². The highest BCUT2D eigenvalue weighted by Gasteiger charge is 2.13. The number of fused-ring (bicyclic) bond motifs is 1. The molecule has 0 atom stereocenters. The van der Waals surface area contributed by atoms with Crippen molar-refractivity contribution in [3.63, 3.8) is 0 Å². The number of phenolic OH excluding ortho intramolecular Hbond substituents is 1. The summed E-state index contributed by atoms with van der Waals surface area (Å²) in [5.41, 5.74) is 2.49. The third-order valence-corrected chi connectivity index (χ3v) is 3.77. The Morgan fingerprint density at radius 1 is 1.05 bits per heavy atom. The summed E-state index contributed by atoms with van der Waals surface area (Å²) < 4.78 is 0. The van der Waals surface area contributed by atoms with Crippen LogP contribution in [0.15, 0.2) is 49.1 Å². The highest BCUT2D eigenvalue weighted by molar-refractivity contribution is 6.09. The Kier molecular flexibility index (Phi) is 3.44. The fourth-order valence-corrected chi connectivity index (χ4v) is 2.75. The number of hydrogen-bond acceptors (Lipinski definition) is 2. The van der Waals surface area contributed by atoms with Crippen LogP contribution in [0.4, 0.5) is 0 Å². The van der Waals surface area contributed by atoms with Crippen molar-refractivity contribution in [1.29, 1.82) is 0 Å². The highest BCUT2D eigenvalue weighted by atomic mass is 16.3. The van der Waals surface area contributed by atoms with Crippen LogP contribution in [0.25, 0.3) is 23.3 Å². The zero-order valence-electron chi connectivity index (χ0n) is 11.7. The number of hydrogen-bond donors (Lipinski definition) is 1. The summed E-state index contributed by atoms with van der Waals surface area (Å²) in [4.78, 5) is 12.3. The van der Waals surface area contributed by atoms with E-state index in [2.05, 4.69) is 18.7 Å². The second-order valence-electron chi connectivity index (χ2n) is 5.09. The van der Waals surface area contributed by atoms with Gasteiger partial charge in [-0.3, -0.25) is 4.79 Å². The Morgan fingerprint density at radius 2 is 1.76 bits per heavy atom. The first kappa shape index (κ1) is 13.4. The fraction of sp³-hybridized carbons (Fsp3) is 0.105. The number of carbonyl (C=O) groups is 1. The molecule has 2 heteroatoms. The van der Waals surface area contributed by atoms with E-state index in [0.29, 0.717) is 5.56 Å². The number of carbonyl (C=O) groups excluding carboxylic acids is 1. The molecule has 0 heterocycles. The maximum absolute atomic E-state index is 12.3. The molecule has 0 amide bonds. The first-order valence-electron chi connectivity index (χ1n) is 7.00. The molecular formula is C19H16O2. The second-order valence-corrected chi connectivity index (χ2v) is 5.09. The summed E-state index contributed by atoms with van der Waals surface area (Å²) in [6.07, 6.45) is 7.60. The summed E-state index contributed by atoms with van der Waals surface area (Å²) in [5, 5.41) is 11.5. The van der Waals surface area contributed by atoms with Crippen molar-refractivity contribution in [2.45, 2.75) is 12.8 Å². The zero-order valence-corrected chi connectivity index (χ0v) is 11.7. The first-order chi connectivity index (χ1) is 10.2. The smallest absolute Gasteiger partial charge is 0.186 e. The molecule has 0 spiro atoms. The van der Waals surface area contributed by atoms with Crippen LogP contribution >= 0.6 is 0 Å². The van der Waals surface area contributed by atoms with Crippen molar-refractivity contribution in [2.75, 3.05) is 0 Å². The lowest BCUT2D eigenvalue weighted by atomic mass is 9.92. The van der Waals surface area contributed by atoms with E-state index in [1.165, 1.54) is 6.08 Å². The van der Waals surface area contributed by atoms with Crippen LogP contribution in [0.3, 0.4) is 0 Å². The van der Waals surface area contributed by atoms with Gasteiger partial charge in [0.05, 0.1) is 0 Å². The van der Waals surface area contributed by atoms with Crippen molar-refractivity contribution in [3.8, 4) is 16.9 Å². The molecular weight excluding hydrogens is 260 g/mol. The maximum atomic E-state index is 12.3. The first-order valence-corrected chi connectivity index (χ1v) is 7.00. The zero-order chi connectivity index (χ0) is 14.8. The van der Waals surface area contributed by atoms with Crippen molar-refractivity contribution < 1.29 is 9.90 Å². The summed E-state index contributed by atoms with van der Waals surface area (Å²) >= 11 is 0. The molecule has 3 rings (SSSR count). The lowest BCUT2D eigenvalue weighted by Gasteiger charge is -2.11. The number of benzene rings is 2. The molecule has 0 aromatic heterocycles. The standard InChI is InChI=1S/C19H16O2/c1-2-18(21)19-16-6-4-3-5-13(16)9-12-17(19)14-7-10-15(20)11-8-14/h2,5-12,20H,1,3-4H2. The lowest BCUT2D eigenvalue weighted by Crippen LogP contribution is -2.32. The number of aromatic hydroxyl groups is 1. The van der Waals surface area contributed by atoms with Crippen molar-refractivity contribution in [1.82, 2.24) is 0 Å². The van der Waals surface area contributed by atoms with E-state index in [9.17, 15) is 9.90 Å². The van der Waals surface area contributed by atoms with E-state index in [-0.39, 0.29) is 11.5 Å². The molecule has 0 aliphatic heterocycles. The van der Waals surface area contributed by atoms with Gasteiger partial charge in [-0.25, -0.2) is 0 Å². The Hall–Kier alpha value is -2.61. The van der Waals surface area contributed by atoms with Gasteiger partial charge in [-0.05, 0) is 52.6 Å². The minimum absolute atomic E-state index is 0.0681. The predicted octanol–water partition coefficient (Wildman–Crippen LogP) is 2.78. The molecule has 1 aliphatic carbocycles. The number of rotatable bonds is 3. The molecule has 2 aromatic carbocycles. The van der Waals surface area contributed by atoms with Gasteiger partial charge in [-0.15, -0.1) is 0 Å². The molecule has 0 radical (unpaired) electrons. The highest BCUT2D eigenvalue weighted by Crippen LogP contribution is 2.24. The average molecular weight is 276 g/mol. The predicted molar refractivity (Wildman–Crippen MR) is 85.5 cm³/mol. The normalized spacial score (nSPS) is 12.8. The Morgan fingerprint density at radius 3 is 2.48 bits per heavy atom. The van der Waals surface area contributed by atoms with E-state index < -0.39 is 0 Å². The van der Waals surface area contributed by atoms with Crippen LogP contribution in [0, 0.1) is 0 Å². The third kappa shape index (κ3) is 2.40. The SMILES string of the molecule is C=CC(=O)c1c(-c2ccc(O)cc2)ccc2c1=CCCC=2. The van der Waals surface area contributed by atoms with Crippen molar-refractivity contribution in [3.05, 3.63) is 65.1 Å². The van der Waals surface area contributed by atoms with Gasteiger partial charge in [0, 0.05) is 5.56 Å². The Labute approximate surface area is 123 Å². The van der Waals surface area contributed by atoms with E-state index in [1.54, 1.807) is 12.1 Å². The van der Waals surface area contributed by atoms with Gasteiger partial charge < -0.3 is 5.11 Å². The summed E-state index contributed by atoms with van der Waals surface area (Å²) in [7, 11) is 0. The van der Waals surface area contributed by atoms with Gasteiger partial charge in [0.1, 0.15) is 5.75 Å². The summed E-state index contributed by atoms with van der Waals surface area (Å²) in [5.74, 6) is 0.148. The van der Waals surface area contributed by atoms with Crippen LogP contribution in [0.5, 0.6) is 5.75 Å². The molecule has 1 aliphatic rings. The quantitative estimate of drug-likeness (QED) is 0.691. The van der Waals surface area contributed by atoms with Crippen LogP contribution in [-0.2, 0) is 0 Å². The lowest BCUT2D eigenvalue weighted by molar-refractivity contribution is 0.104. The summed E-state index contributed by atoms with van der Waals surface area (Å²) in [6.45, 7) is 3.62. The molecule has 0 saturated carbocycles. The fourth-order valence-electron chi connectivity index (χ4n) is 2.75. The summed E-state index contributed by atoms with van der Waals surface area (Å²) in [6, 6.07) is 10.9. The maximum Gasteiger partial charge on any atom is 0.186 e. The molecule has 0 saturated heterocycles. The molecule has 0 bridgehead atoms. The van der Waals surface area contributed by atoms with Gasteiger partial charge in [0.15, 0.2) is 5.78 Å². The second kappa shape index (κ2) is 5.41. The van der Waals surface area contributed by atoms with E-state index in [1.807, 2.05) is 24.3 Å². The molecule has 104 valence electrons. The van der Waals surface area contributed by atoms with E-state index in [4.69, 9.17) is 0 Å². The minimum Gasteiger partial charge on any atom is -0.508 e. The van der Waals surface area contributed by atoms with Crippen LogP contribution in [0.2, 0.25) is 0 Å². The molecule has 0 fully saturated rings. The minimum atomic E-state index is -0.0681. The van der Waals surface area contributed by atoms with Crippen LogP contribution in [0.1, 0.15) is 23.2 Å². The van der Waals surface area contributed by atoms with Crippen LogP contribution in [-0.4, -0.2) is 10.9 Å². The van der Waals surface area contributed by atoms with Crippen LogP contribution < -0.4 is 10.4 Å². The largest absolute Gasteiger partial charge is 0.508 e. The number of allylic oxidation sites excluding steroid dienone is 1. The number of phenols is 1. The monoisotopic (exact) mass is 276 g/mol. The molecule has 1 N–H and O–H groups in total. The third-order valence-electron chi connectivity index (χ3n) is 3.77. The topological polar surface area (TPSA) is 37.3 Å². The Bertz CT molecular complexity index is 827. The molecule has 2 aromatic rings. The van der Waals surface area contributed by atoms with Gasteiger partial charge in [0.25, 0.3) is 0 Å². The van der Waals surface area contributed by atoms with Crippen molar-refractivity contribution in [2.24, 2.45) is 0 Å². The van der Waals surface area contributed by atoms with Gasteiger partial charge in [-0.1, -0.05) is 43.0 Å². The Balaban J connectivity index is 2.34.